The van der Waals surface area contributed by atoms with Gasteiger partial charge < -0.3 is 5.73 Å². The van der Waals surface area contributed by atoms with Gasteiger partial charge >= 0.3 is 0 Å². The van der Waals surface area contributed by atoms with Gasteiger partial charge in [-0.1, -0.05) is 6.07 Å². The third kappa shape index (κ3) is 3.48. The second-order valence-corrected chi connectivity index (χ2v) is 2.37. The van der Waals surface area contributed by atoms with Crippen LogP contribution in [0.15, 0.2) is 36.7 Å². The largest absolute Gasteiger partial charge is 0.384 e. The summed E-state index contributed by atoms with van der Waals surface area (Å²) in [6, 6.07) is 7.03. The van der Waals surface area contributed by atoms with Crippen LogP contribution >= 0.6 is 0 Å². The van der Waals surface area contributed by atoms with Crippen LogP contribution in [0.1, 0.15) is 10.5 Å². The number of nitrogens with two attached hydrogens (primary N) is 1. The van der Waals surface area contributed by atoms with Crippen LogP contribution in [0.3, 0.4) is 0 Å². The first kappa shape index (κ1) is 9.91. The van der Waals surface area contributed by atoms with Crippen molar-refractivity contribution in [2.75, 3.05) is 5.73 Å². The van der Waals surface area contributed by atoms with E-state index in [-0.39, 0.29) is 0 Å². The second-order valence-electron chi connectivity index (χ2n) is 2.37. The van der Waals surface area contributed by atoms with Gasteiger partial charge in [0.25, 0.3) is 0 Å². The predicted octanol–water partition coefficient (Wildman–Crippen LogP) is 0.886. The highest BCUT2D eigenvalue weighted by Gasteiger charge is 1.83. The van der Waals surface area contributed by atoms with E-state index in [9.17, 15) is 4.79 Å². The molecule has 2 aromatic heterocycles. The lowest BCUT2D eigenvalue weighted by Crippen LogP contribution is -1.85. The normalized spacial score (nSPS) is 8.57. The number of aromatic nitrogens is 3. The van der Waals surface area contributed by atoms with Crippen molar-refractivity contribution in [2.45, 2.75) is 0 Å². The number of carbonyl (C=O) groups is 1. The molecule has 72 valence electrons. The number of hydrogen-bond acceptors (Lipinski definition) is 4. The van der Waals surface area contributed by atoms with E-state index in [2.05, 4.69) is 15.2 Å². The van der Waals surface area contributed by atoms with E-state index in [0.717, 1.165) is 0 Å². The number of pyridine rings is 1. The summed E-state index contributed by atoms with van der Waals surface area (Å²) in [5, 5.41) is 6.04. The first-order valence-corrected chi connectivity index (χ1v) is 3.94. The van der Waals surface area contributed by atoms with Gasteiger partial charge in [-0.05, 0) is 18.2 Å². The third-order valence-corrected chi connectivity index (χ3v) is 1.33. The van der Waals surface area contributed by atoms with E-state index in [0.29, 0.717) is 17.8 Å². The van der Waals surface area contributed by atoms with Gasteiger partial charge in [-0.3, -0.25) is 9.89 Å². The number of nitrogen functional groups attached to an aromatic ring is 1. The van der Waals surface area contributed by atoms with Crippen LogP contribution in [0.2, 0.25) is 0 Å². The molecule has 5 nitrogen and oxygen atoms in total. The summed E-state index contributed by atoms with van der Waals surface area (Å²) < 4.78 is 0. The molecule has 0 aliphatic rings. The fourth-order valence-corrected chi connectivity index (χ4v) is 0.713. The average Bonchev–Trinajstić information content (AvgIpc) is 2.72. The van der Waals surface area contributed by atoms with Crippen molar-refractivity contribution in [1.29, 1.82) is 0 Å². The number of nitrogens with zero attached hydrogens (tertiary/aromatic N) is 2. The molecule has 0 atom stereocenters. The number of aldehydes is 1. The zero-order valence-corrected chi connectivity index (χ0v) is 7.42. The molecule has 0 amide bonds. The van der Waals surface area contributed by atoms with E-state index in [1.54, 1.807) is 24.5 Å². The minimum Gasteiger partial charge on any atom is -0.384 e. The minimum absolute atomic E-state index is 0.444. The maximum absolute atomic E-state index is 9.79. The Hall–Kier alpha value is -2.17. The Morgan fingerprint density at radius 1 is 1.36 bits per heavy atom. The maximum Gasteiger partial charge on any atom is 0.170 e. The van der Waals surface area contributed by atoms with Crippen molar-refractivity contribution in [1.82, 2.24) is 15.2 Å². The Labute approximate surface area is 81.0 Å². The van der Waals surface area contributed by atoms with Crippen LogP contribution in [-0.2, 0) is 0 Å². The molecular weight excluding hydrogens is 180 g/mol. The van der Waals surface area contributed by atoms with Crippen LogP contribution in [0.4, 0.5) is 5.82 Å². The predicted molar refractivity (Wildman–Crippen MR) is 52.6 cm³/mol. The highest BCUT2D eigenvalue weighted by atomic mass is 16.1. The van der Waals surface area contributed by atoms with Crippen LogP contribution in [-0.4, -0.2) is 21.5 Å². The molecule has 2 heterocycles. The van der Waals surface area contributed by atoms with Gasteiger partial charge in [0.15, 0.2) is 6.29 Å². The molecule has 2 rings (SSSR count). The van der Waals surface area contributed by atoms with E-state index >= 15 is 0 Å². The monoisotopic (exact) mass is 190 g/mol. The molecule has 0 saturated carbocycles. The summed E-state index contributed by atoms with van der Waals surface area (Å²) in [5.74, 6) is 0.572. The first-order chi connectivity index (χ1) is 6.83. The summed E-state index contributed by atoms with van der Waals surface area (Å²) in [4.78, 5) is 13.5. The van der Waals surface area contributed by atoms with Crippen molar-refractivity contribution < 1.29 is 4.79 Å². The lowest BCUT2D eigenvalue weighted by Gasteiger charge is -1.82. The van der Waals surface area contributed by atoms with Gasteiger partial charge in [0.1, 0.15) is 11.5 Å². The van der Waals surface area contributed by atoms with Gasteiger partial charge in [0, 0.05) is 12.4 Å². The van der Waals surface area contributed by atoms with Crippen LogP contribution in [0, 0.1) is 0 Å². The molecule has 3 N–H and O–H groups in total. The topological polar surface area (TPSA) is 84.7 Å². The molecule has 0 saturated heterocycles. The summed E-state index contributed by atoms with van der Waals surface area (Å²) in [5.41, 5.74) is 5.69. The standard InChI is InChI=1S/C5H6N2.C4H4N2O/c6-5-3-1-2-4-7-5;7-3-4-1-2-5-6-4/h1-4H,(H2,6,7);1-3H,(H,5,6). The fourth-order valence-electron chi connectivity index (χ4n) is 0.713. The zero-order chi connectivity index (χ0) is 10.2. The molecule has 0 aliphatic carbocycles. The Morgan fingerprint density at radius 3 is 2.50 bits per heavy atom. The van der Waals surface area contributed by atoms with E-state index in [1.807, 2.05) is 12.1 Å². The zero-order valence-electron chi connectivity index (χ0n) is 7.42. The molecule has 0 aromatic carbocycles. The average molecular weight is 190 g/mol. The van der Waals surface area contributed by atoms with E-state index in [4.69, 9.17) is 5.73 Å². The molecule has 0 aliphatic heterocycles. The summed E-state index contributed by atoms with van der Waals surface area (Å²) >= 11 is 0. The minimum atomic E-state index is 0.444. The molecule has 2 aromatic rings. The van der Waals surface area contributed by atoms with Crippen LogP contribution < -0.4 is 5.73 Å². The molecule has 0 radical (unpaired) electrons. The lowest BCUT2D eigenvalue weighted by molar-refractivity contribution is 0.111. The molecule has 0 unspecified atom stereocenters. The number of hydrogen-bond donors (Lipinski definition) is 2. The summed E-state index contributed by atoms with van der Waals surface area (Å²) in [7, 11) is 0. The number of H-pyrrole nitrogens is 1. The fraction of sp³-hybridized carbons (Fsp3) is 0. The van der Waals surface area contributed by atoms with Crippen molar-refractivity contribution in [3.8, 4) is 0 Å². The van der Waals surface area contributed by atoms with Crippen molar-refractivity contribution in [3.63, 3.8) is 0 Å². The van der Waals surface area contributed by atoms with Gasteiger partial charge in [-0.15, -0.1) is 0 Å². The van der Waals surface area contributed by atoms with Gasteiger partial charge in [0.05, 0.1) is 0 Å². The molecule has 14 heavy (non-hydrogen) atoms. The quantitative estimate of drug-likeness (QED) is 0.654. The molecule has 0 fully saturated rings. The Bertz CT molecular complexity index is 358. The highest BCUT2D eigenvalue weighted by molar-refractivity contribution is 5.70. The van der Waals surface area contributed by atoms with E-state index < -0.39 is 0 Å². The Kier molecular flexibility index (Phi) is 3.87. The van der Waals surface area contributed by atoms with E-state index in [1.165, 1.54) is 0 Å². The van der Waals surface area contributed by atoms with Crippen LogP contribution in [0.25, 0.3) is 0 Å². The summed E-state index contributed by atoms with van der Waals surface area (Å²) in [6.07, 6.45) is 3.95. The number of carbonyl (C=O) groups excluding carboxylic acids is 1. The second kappa shape index (κ2) is 5.47. The molecule has 5 heteroatoms. The summed E-state index contributed by atoms with van der Waals surface area (Å²) in [6.45, 7) is 0. The Morgan fingerprint density at radius 2 is 2.21 bits per heavy atom. The molecular formula is C9H10N4O. The SMILES string of the molecule is Nc1ccccn1.O=Cc1cc[nH]n1. The number of aromatic amines is 1. The van der Waals surface area contributed by atoms with Crippen molar-refractivity contribution in [2.24, 2.45) is 0 Å². The first-order valence-electron chi connectivity index (χ1n) is 3.94. The van der Waals surface area contributed by atoms with Gasteiger partial charge in [0.2, 0.25) is 0 Å². The smallest absolute Gasteiger partial charge is 0.170 e. The molecule has 0 bridgehead atoms. The number of anilines is 1. The van der Waals surface area contributed by atoms with Gasteiger partial charge in [-0.25, -0.2) is 4.98 Å². The highest BCUT2D eigenvalue weighted by Crippen LogP contribution is 1.89. The third-order valence-electron chi connectivity index (χ3n) is 1.33. The van der Waals surface area contributed by atoms with Crippen molar-refractivity contribution in [3.05, 3.63) is 42.4 Å². The maximum atomic E-state index is 9.79. The number of rotatable bonds is 1. The lowest BCUT2D eigenvalue weighted by atomic mass is 10.5. The Balaban J connectivity index is 0.000000140. The van der Waals surface area contributed by atoms with Crippen LogP contribution in [0.5, 0.6) is 0 Å². The van der Waals surface area contributed by atoms with Crippen molar-refractivity contribution >= 4 is 12.1 Å². The van der Waals surface area contributed by atoms with Gasteiger partial charge in [-0.2, -0.15) is 5.10 Å². The number of nitrogens with one attached hydrogen (secondary N) is 1. The molecule has 0 spiro atoms.